The second-order valence-electron chi connectivity index (χ2n) is 12.2. The molecule has 43 heavy (non-hydrogen) atoms. The van der Waals surface area contributed by atoms with Crippen molar-refractivity contribution in [3.05, 3.63) is 65.2 Å². The minimum atomic E-state index is -1.11. The molecule has 2 aromatic carbocycles. The maximum atomic E-state index is 14.7. The predicted octanol–water partition coefficient (Wildman–Crippen LogP) is 4.82. The zero-order chi connectivity index (χ0) is 32.3. The van der Waals surface area contributed by atoms with Crippen LogP contribution >= 0.6 is 0 Å². The molecule has 0 saturated heterocycles. The molecule has 0 aliphatic rings. The molecule has 0 aromatic heterocycles. The van der Waals surface area contributed by atoms with Gasteiger partial charge in [-0.1, -0.05) is 50.2 Å². The minimum absolute atomic E-state index is 0.0672. The van der Waals surface area contributed by atoms with Crippen molar-refractivity contribution in [3.8, 4) is 5.75 Å². The summed E-state index contributed by atoms with van der Waals surface area (Å²) in [5, 5.41) is 15.2. The van der Waals surface area contributed by atoms with Gasteiger partial charge in [-0.2, -0.15) is 0 Å². The summed E-state index contributed by atoms with van der Waals surface area (Å²) in [5.74, 6) is -1.25. The maximum Gasteiger partial charge on any atom is 0.408 e. The van der Waals surface area contributed by atoms with E-state index in [0.717, 1.165) is 12.0 Å². The standard InChI is InChI=1S/C33H47N3O7/c1-21(2)13-14-23(4)36(29(26-12-10-9-11-22(26)3)30(39)34-20-28(38)42-8)31(40)27(35-32(41)43-33(5,6)7)19-24-15-17-25(37)18-16-24/h9-12,15-18,21,23,27,29,37H,13-14,19-20H2,1-8H3,(H,34,39)(H,35,41). The minimum Gasteiger partial charge on any atom is -0.508 e. The van der Waals surface area contributed by atoms with Crippen molar-refractivity contribution >= 4 is 23.9 Å². The van der Waals surface area contributed by atoms with Crippen molar-refractivity contribution in [2.75, 3.05) is 13.7 Å². The summed E-state index contributed by atoms with van der Waals surface area (Å²) in [6, 6.07) is 11.0. The molecule has 0 saturated carbocycles. The quantitative estimate of drug-likeness (QED) is 0.282. The molecule has 0 heterocycles. The van der Waals surface area contributed by atoms with Gasteiger partial charge >= 0.3 is 12.1 Å². The number of alkyl carbamates (subject to hydrolysis) is 1. The second kappa shape index (κ2) is 16.0. The fourth-order valence-corrected chi connectivity index (χ4v) is 4.65. The van der Waals surface area contributed by atoms with E-state index >= 15 is 0 Å². The molecule has 10 nitrogen and oxygen atoms in total. The number of nitrogens with one attached hydrogen (secondary N) is 2. The molecule has 3 amide bonds. The van der Waals surface area contributed by atoms with Crippen LogP contribution in [0.5, 0.6) is 5.75 Å². The van der Waals surface area contributed by atoms with Gasteiger partial charge in [-0.25, -0.2) is 4.79 Å². The van der Waals surface area contributed by atoms with Gasteiger partial charge in [0.15, 0.2) is 0 Å². The average Bonchev–Trinajstić information content (AvgIpc) is 2.93. The first kappa shape index (κ1) is 35.1. The van der Waals surface area contributed by atoms with Crippen LogP contribution < -0.4 is 10.6 Å². The van der Waals surface area contributed by atoms with Crippen molar-refractivity contribution < 1.29 is 33.8 Å². The summed E-state index contributed by atoms with van der Waals surface area (Å²) in [7, 11) is 1.23. The van der Waals surface area contributed by atoms with Gasteiger partial charge in [0, 0.05) is 12.5 Å². The molecule has 10 heteroatoms. The third-order valence-corrected chi connectivity index (χ3v) is 6.90. The van der Waals surface area contributed by atoms with Gasteiger partial charge < -0.3 is 30.1 Å². The Hall–Kier alpha value is -4.08. The van der Waals surface area contributed by atoms with Gasteiger partial charge in [-0.05, 0) is 82.2 Å². The van der Waals surface area contributed by atoms with E-state index in [4.69, 9.17) is 9.47 Å². The highest BCUT2D eigenvalue weighted by molar-refractivity contribution is 5.93. The lowest BCUT2D eigenvalue weighted by Crippen LogP contribution is -2.56. The number of amides is 3. The Kier molecular flexibility index (Phi) is 13.0. The van der Waals surface area contributed by atoms with Gasteiger partial charge in [0.05, 0.1) is 7.11 Å². The normalized spacial score (nSPS) is 13.4. The average molecular weight is 598 g/mol. The number of carbonyl (C=O) groups excluding carboxylic acids is 4. The fraction of sp³-hybridized carbons (Fsp3) is 0.515. The van der Waals surface area contributed by atoms with Gasteiger partial charge in [-0.15, -0.1) is 0 Å². The van der Waals surface area contributed by atoms with Crippen LogP contribution in [0, 0.1) is 12.8 Å². The van der Waals surface area contributed by atoms with Crippen LogP contribution in [-0.2, 0) is 30.3 Å². The highest BCUT2D eigenvalue weighted by atomic mass is 16.6. The summed E-state index contributed by atoms with van der Waals surface area (Å²) < 4.78 is 10.2. The Morgan fingerprint density at radius 1 is 0.953 bits per heavy atom. The Bertz CT molecular complexity index is 1240. The summed E-state index contributed by atoms with van der Waals surface area (Å²) in [6.45, 7) is 12.7. The second-order valence-corrected chi connectivity index (χ2v) is 12.2. The number of hydrogen-bond acceptors (Lipinski definition) is 7. The predicted molar refractivity (Wildman–Crippen MR) is 164 cm³/mol. The summed E-state index contributed by atoms with van der Waals surface area (Å²) >= 11 is 0. The van der Waals surface area contributed by atoms with Crippen molar-refractivity contribution in [1.29, 1.82) is 0 Å². The van der Waals surface area contributed by atoms with E-state index in [0.29, 0.717) is 23.5 Å². The number of benzene rings is 2. The van der Waals surface area contributed by atoms with Crippen molar-refractivity contribution in [2.24, 2.45) is 5.92 Å². The van der Waals surface area contributed by atoms with E-state index in [-0.39, 0.29) is 18.7 Å². The molecule has 0 bridgehead atoms. The first-order valence-electron chi connectivity index (χ1n) is 14.6. The van der Waals surface area contributed by atoms with Crippen molar-refractivity contribution in [3.63, 3.8) is 0 Å². The number of hydrogen-bond donors (Lipinski definition) is 3. The van der Waals surface area contributed by atoms with E-state index in [2.05, 4.69) is 24.5 Å². The number of rotatable bonds is 13. The Morgan fingerprint density at radius 2 is 1.58 bits per heavy atom. The third-order valence-electron chi connectivity index (χ3n) is 6.90. The zero-order valence-corrected chi connectivity index (χ0v) is 26.6. The molecule has 236 valence electrons. The van der Waals surface area contributed by atoms with Crippen molar-refractivity contribution in [2.45, 2.75) is 91.5 Å². The van der Waals surface area contributed by atoms with Crippen molar-refractivity contribution in [1.82, 2.24) is 15.5 Å². The fourth-order valence-electron chi connectivity index (χ4n) is 4.65. The summed E-state index contributed by atoms with van der Waals surface area (Å²) in [4.78, 5) is 55.0. The topological polar surface area (TPSA) is 134 Å². The van der Waals surface area contributed by atoms with Crippen LogP contribution in [0.1, 0.15) is 77.1 Å². The van der Waals surface area contributed by atoms with Gasteiger partial charge in [0.2, 0.25) is 11.8 Å². The Labute approximate surface area is 255 Å². The lowest BCUT2D eigenvalue weighted by atomic mass is 9.94. The monoisotopic (exact) mass is 597 g/mol. The van der Waals surface area contributed by atoms with Gasteiger partial charge in [0.1, 0.15) is 30.0 Å². The SMILES string of the molecule is COC(=O)CNC(=O)C(c1ccccc1C)N(C(=O)C(Cc1ccc(O)cc1)NC(=O)OC(C)(C)C)C(C)CCC(C)C. The number of phenolic OH excluding ortho intramolecular Hbond substituents is 1. The van der Waals surface area contributed by atoms with Gasteiger partial charge in [-0.3, -0.25) is 14.4 Å². The zero-order valence-electron chi connectivity index (χ0n) is 26.6. The number of phenols is 1. The molecule has 0 fully saturated rings. The molecule has 2 rings (SSSR count). The number of nitrogens with zero attached hydrogens (tertiary/aromatic N) is 1. The number of methoxy groups -OCH3 is 1. The molecule has 0 aliphatic carbocycles. The van der Waals surface area contributed by atoms with E-state index in [9.17, 15) is 24.3 Å². The van der Waals surface area contributed by atoms with Crippen LogP contribution in [0.3, 0.4) is 0 Å². The summed E-state index contributed by atoms with van der Waals surface area (Å²) in [6.07, 6.45) is 0.684. The maximum absolute atomic E-state index is 14.7. The van der Waals surface area contributed by atoms with E-state index in [1.165, 1.54) is 24.1 Å². The number of esters is 1. The third kappa shape index (κ3) is 11.3. The molecule has 2 aromatic rings. The van der Waals surface area contributed by atoms with Crippen LogP contribution in [0.4, 0.5) is 4.79 Å². The van der Waals surface area contributed by atoms with Crippen LogP contribution in [0.25, 0.3) is 0 Å². The Morgan fingerprint density at radius 3 is 2.14 bits per heavy atom. The molecular weight excluding hydrogens is 550 g/mol. The molecule has 0 spiro atoms. The molecule has 3 N–H and O–H groups in total. The number of carbonyl (C=O) groups is 4. The van der Waals surface area contributed by atoms with Gasteiger partial charge in [0.25, 0.3) is 0 Å². The molecule has 3 atom stereocenters. The van der Waals surface area contributed by atoms with E-state index < -0.39 is 47.6 Å². The molecule has 0 radical (unpaired) electrons. The smallest absolute Gasteiger partial charge is 0.408 e. The highest BCUT2D eigenvalue weighted by Crippen LogP contribution is 2.30. The number of ether oxygens (including phenoxy) is 2. The van der Waals surface area contributed by atoms with E-state index in [1.54, 1.807) is 45.0 Å². The Balaban J connectivity index is 2.66. The summed E-state index contributed by atoms with van der Waals surface area (Å²) in [5.41, 5.74) is 1.25. The number of aryl methyl sites for hydroxylation is 1. The van der Waals surface area contributed by atoms with Crippen LogP contribution in [0.15, 0.2) is 48.5 Å². The largest absolute Gasteiger partial charge is 0.508 e. The van der Waals surface area contributed by atoms with E-state index in [1.807, 2.05) is 26.0 Å². The first-order valence-corrected chi connectivity index (χ1v) is 14.6. The highest BCUT2D eigenvalue weighted by Gasteiger charge is 2.39. The molecule has 0 aliphatic heterocycles. The number of aromatic hydroxyl groups is 1. The first-order chi connectivity index (χ1) is 20.1. The van der Waals surface area contributed by atoms with Crippen LogP contribution in [-0.4, -0.2) is 65.2 Å². The molecular formula is C33H47N3O7. The lowest BCUT2D eigenvalue weighted by Gasteiger charge is -2.39. The molecule has 3 unspecified atom stereocenters. The lowest BCUT2D eigenvalue weighted by molar-refractivity contribution is -0.146. The van der Waals surface area contributed by atoms with Crippen LogP contribution in [0.2, 0.25) is 0 Å².